The third kappa shape index (κ3) is 3.44. The van der Waals surface area contributed by atoms with Crippen LogP contribution < -0.4 is 0 Å². The van der Waals surface area contributed by atoms with Crippen LogP contribution >= 0.6 is 11.8 Å². The molecule has 3 aromatic rings. The van der Waals surface area contributed by atoms with Crippen LogP contribution in [0.2, 0.25) is 0 Å². The molecule has 1 aliphatic carbocycles. The highest BCUT2D eigenvalue weighted by molar-refractivity contribution is 7.98. The highest BCUT2D eigenvalue weighted by Gasteiger charge is 2.23. The lowest BCUT2D eigenvalue weighted by Crippen LogP contribution is -2.16. The third-order valence-electron chi connectivity index (χ3n) is 4.57. The Bertz CT molecular complexity index is 821. The maximum atomic E-state index is 4.85. The van der Waals surface area contributed by atoms with E-state index < -0.39 is 0 Å². The van der Waals surface area contributed by atoms with Gasteiger partial charge in [-0.25, -0.2) is 24.3 Å². The summed E-state index contributed by atoms with van der Waals surface area (Å²) in [7, 11) is 0. The predicted molar refractivity (Wildman–Crippen MR) is 96.3 cm³/mol. The van der Waals surface area contributed by atoms with Crippen LogP contribution in [0.4, 0.5) is 0 Å². The first kappa shape index (κ1) is 16.3. The summed E-state index contributed by atoms with van der Waals surface area (Å²) in [6.07, 6.45) is 13.2. The Morgan fingerprint density at radius 2 is 2.12 bits per heavy atom. The molecule has 1 aliphatic rings. The standard InChI is InChI=1S/C17H21N7S/c1-25-17-14(8-5-9-19-17)16-21-15(10-23-12-18-11-20-23)22-24(16)13-6-3-2-4-7-13/h5,8-9,11-13H,2-4,6-7,10H2,1H3. The Morgan fingerprint density at radius 1 is 1.24 bits per heavy atom. The van der Waals surface area contributed by atoms with Crippen molar-refractivity contribution in [1.82, 2.24) is 34.5 Å². The molecular weight excluding hydrogens is 334 g/mol. The van der Waals surface area contributed by atoms with Crippen molar-refractivity contribution in [2.24, 2.45) is 0 Å². The first-order valence-corrected chi connectivity index (χ1v) is 9.85. The smallest absolute Gasteiger partial charge is 0.172 e. The van der Waals surface area contributed by atoms with Gasteiger partial charge in [0.05, 0.1) is 11.6 Å². The molecule has 0 amide bonds. The molecule has 130 valence electrons. The molecule has 25 heavy (non-hydrogen) atoms. The van der Waals surface area contributed by atoms with Crippen molar-refractivity contribution >= 4 is 11.8 Å². The van der Waals surface area contributed by atoms with E-state index in [9.17, 15) is 0 Å². The van der Waals surface area contributed by atoms with Gasteiger partial charge in [0.1, 0.15) is 24.2 Å². The first-order valence-electron chi connectivity index (χ1n) is 8.62. The minimum atomic E-state index is 0.413. The largest absolute Gasteiger partial charge is 0.249 e. The summed E-state index contributed by atoms with van der Waals surface area (Å²) in [5, 5.41) is 10.00. The van der Waals surface area contributed by atoms with Crippen molar-refractivity contribution in [2.75, 3.05) is 6.26 Å². The van der Waals surface area contributed by atoms with E-state index in [4.69, 9.17) is 10.1 Å². The average Bonchev–Trinajstić information content (AvgIpc) is 3.32. The Balaban J connectivity index is 1.75. The molecule has 0 atom stereocenters. The first-order chi connectivity index (χ1) is 12.3. The number of pyridine rings is 1. The van der Waals surface area contributed by atoms with Crippen LogP contribution in [0.15, 0.2) is 36.0 Å². The van der Waals surface area contributed by atoms with Gasteiger partial charge in [0.25, 0.3) is 0 Å². The quantitative estimate of drug-likeness (QED) is 0.654. The van der Waals surface area contributed by atoms with E-state index in [1.807, 2.05) is 18.5 Å². The Morgan fingerprint density at radius 3 is 2.88 bits per heavy atom. The minimum absolute atomic E-state index is 0.413. The molecule has 0 spiro atoms. The van der Waals surface area contributed by atoms with Crippen LogP contribution in [0.1, 0.15) is 44.0 Å². The maximum Gasteiger partial charge on any atom is 0.172 e. The van der Waals surface area contributed by atoms with Crippen LogP contribution in [-0.2, 0) is 6.54 Å². The van der Waals surface area contributed by atoms with Gasteiger partial charge in [-0.2, -0.15) is 10.2 Å². The summed E-state index contributed by atoms with van der Waals surface area (Å²) in [5.74, 6) is 1.68. The van der Waals surface area contributed by atoms with Crippen LogP contribution in [0, 0.1) is 0 Å². The van der Waals surface area contributed by atoms with Gasteiger partial charge in [0.15, 0.2) is 11.6 Å². The second-order valence-electron chi connectivity index (χ2n) is 6.24. The fourth-order valence-electron chi connectivity index (χ4n) is 3.38. The van der Waals surface area contributed by atoms with Gasteiger partial charge in [0.2, 0.25) is 0 Å². The van der Waals surface area contributed by atoms with Gasteiger partial charge < -0.3 is 0 Å². The summed E-state index contributed by atoms with van der Waals surface area (Å²) in [4.78, 5) is 13.3. The summed E-state index contributed by atoms with van der Waals surface area (Å²) in [5.41, 5.74) is 1.05. The van der Waals surface area contributed by atoms with E-state index in [-0.39, 0.29) is 0 Å². The summed E-state index contributed by atoms with van der Waals surface area (Å²) >= 11 is 1.64. The number of hydrogen-bond acceptors (Lipinski definition) is 6. The van der Waals surface area contributed by atoms with Crippen molar-refractivity contribution in [2.45, 2.75) is 49.7 Å². The lowest BCUT2D eigenvalue weighted by Gasteiger charge is -2.23. The SMILES string of the molecule is CSc1ncccc1-c1nc(Cn2cncn2)nn1C1CCCCC1. The molecule has 0 aromatic carbocycles. The molecular formula is C17H21N7S. The molecule has 0 aliphatic heterocycles. The van der Waals surface area contributed by atoms with Crippen molar-refractivity contribution in [3.63, 3.8) is 0 Å². The second kappa shape index (κ2) is 7.35. The predicted octanol–water partition coefficient (Wildman–Crippen LogP) is 3.21. The molecule has 8 heteroatoms. The number of aromatic nitrogens is 7. The average molecular weight is 355 g/mol. The lowest BCUT2D eigenvalue weighted by atomic mass is 9.95. The monoisotopic (exact) mass is 355 g/mol. The van der Waals surface area contributed by atoms with Crippen LogP contribution in [0.3, 0.4) is 0 Å². The fourth-order valence-corrected chi connectivity index (χ4v) is 3.93. The third-order valence-corrected chi connectivity index (χ3v) is 5.28. The van der Waals surface area contributed by atoms with Crippen molar-refractivity contribution in [3.8, 4) is 11.4 Å². The molecule has 4 rings (SSSR count). The van der Waals surface area contributed by atoms with E-state index in [2.05, 4.69) is 25.8 Å². The fraction of sp³-hybridized carbons (Fsp3) is 0.471. The van der Waals surface area contributed by atoms with E-state index >= 15 is 0 Å². The topological polar surface area (TPSA) is 74.3 Å². The lowest BCUT2D eigenvalue weighted by molar-refractivity contribution is 0.330. The molecule has 3 aromatic heterocycles. The number of nitrogens with zero attached hydrogens (tertiary/aromatic N) is 7. The van der Waals surface area contributed by atoms with Gasteiger partial charge in [-0.15, -0.1) is 11.8 Å². The molecule has 0 unspecified atom stereocenters. The van der Waals surface area contributed by atoms with E-state index in [1.54, 1.807) is 22.8 Å². The van der Waals surface area contributed by atoms with Crippen molar-refractivity contribution in [1.29, 1.82) is 0 Å². The molecule has 7 nitrogen and oxygen atoms in total. The number of rotatable bonds is 5. The molecule has 0 N–H and O–H groups in total. The zero-order chi connectivity index (χ0) is 17.1. The Kier molecular flexibility index (Phi) is 4.78. The molecule has 1 fully saturated rings. The zero-order valence-corrected chi connectivity index (χ0v) is 15.1. The maximum absolute atomic E-state index is 4.85. The van der Waals surface area contributed by atoms with Gasteiger partial charge in [0, 0.05) is 6.20 Å². The summed E-state index contributed by atoms with van der Waals surface area (Å²) in [6.45, 7) is 0.529. The zero-order valence-electron chi connectivity index (χ0n) is 14.2. The van der Waals surface area contributed by atoms with Gasteiger partial charge >= 0.3 is 0 Å². The van der Waals surface area contributed by atoms with Gasteiger partial charge in [-0.3, -0.25) is 0 Å². The van der Waals surface area contributed by atoms with E-state index in [0.29, 0.717) is 12.6 Å². The number of thioether (sulfide) groups is 1. The molecule has 0 bridgehead atoms. The minimum Gasteiger partial charge on any atom is -0.249 e. The Hall–Kier alpha value is -2.22. The summed E-state index contributed by atoms with van der Waals surface area (Å²) < 4.78 is 3.88. The normalized spacial score (nSPS) is 15.6. The highest BCUT2D eigenvalue weighted by Crippen LogP contribution is 2.33. The van der Waals surface area contributed by atoms with Crippen LogP contribution in [0.5, 0.6) is 0 Å². The van der Waals surface area contributed by atoms with Crippen LogP contribution in [0.25, 0.3) is 11.4 Å². The van der Waals surface area contributed by atoms with Gasteiger partial charge in [-0.1, -0.05) is 19.3 Å². The van der Waals surface area contributed by atoms with Gasteiger partial charge in [-0.05, 0) is 31.2 Å². The van der Waals surface area contributed by atoms with Crippen LogP contribution in [-0.4, -0.2) is 40.8 Å². The molecule has 1 saturated carbocycles. The molecule has 0 radical (unpaired) electrons. The van der Waals surface area contributed by atoms with Crippen molar-refractivity contribution in [3.05, 3.63) is 36.8 Å². The Labute approximate surface area is 150 Å². The van der Waals surface area contributed by atoms with E-state index in [1.165, 1.54) is 25.6 Å². The second-order valence-corrected chi connectivity index (χ2v) is 7.04. The van der Waals surface area contributed by atoms with Crippen molar-refractivity contribution < 1.29 is 0 Å². The molecule has 0 saturated heterocycles. The van der Waals surface area contributed by atoms with E-state index in [0.717, 1.165) is 35.1 Å². The molecule has 3 heterocycles. The highest BCUT2D eigenvalue weighted by atomic mass is 32.2. The number of hydrogen-bond donors (Lipinski definition) is 0. The summed E-state index contributed by atoms with van der Waals surface area (Å²) in [6, 6.07) is 4.46.